The molecule has 4 atom stereocenters. The Hall–Kier alpha value is -2.24. The first-order valence-electron chi connectivity index (χ1n) is 10.9. The lowest BCUT2D eigenvalue weighted by atomic mass is 9.73. The maximum absolute atomic E-state index is 13.5. The summed E-state index contributed by atoms with van der Waals surface area (Å²) >= 11 is 0. The molecule has 1 spiro atoms. The smallest absolute Gasteiger partial charge is 0.251 e. The van der Waals surface area contributed by atoms with Crippen LogP contribution in [0.25, 0.3) is 0 Å². The van der Waals surface area contributed by atoms with Gasteiger partial charge in [0.15, 0.2) is 0 Å². The zero-order valence-electron chi connectivity index (χ0n) is 17.7. The van der Waals surface area contributed by atoms with Gasteiger partial charge < -0.3 is 10.1 Å². The van der Waals surface area contributed by atoms with Gasteiger partial charge in [-0.2, -0.15) is 0 Å². The molecule has 30 heavy (non-hydrogen) atoms. The molecule has 3 fully saturated rings. The lowest BCUT2D eigenvalue weighted by Gasteiger charge is -2.29. The summed E-state index contributed by atoms with van der Waals surface area (Å²) in [4.78, 5) is 15.1. The van der Waals surface area contributed by atoms with Crippen LogP contribution < -0.4 is 5.32 Å². The van der Waals surface area contributed by atoms with Crippen molar-refractivity contribution in [1.82, 2.24) is 10.2 Å². The predicted octanol–water partition coefficient (Wildman–Crippen LogP) is 3.85. The zero-order valence-corrected chi connectivity index (χ0v) is 17.7. The largest absolute Gasteiger partial charge is 0.370 e. The maximum Gasteiger partial charge on any atom is 0.251 e. The standard InChI is InChI=1S/C25H29FN2O2/c1-16-5-3-4-6-20(16)24(29)27-12-21-22-14-28(15-25(22)10-9-23(21)30-25)13-18-7-8-19(26)11-17(18)2/h3-8,11,21-23H,9-10,12-15H2,1-2H3,(H,27,29)/t21-,22+,23+,25+/m0/s1. The van der Waals surface area contributed by atoms with Crippen molar-refractivity contribution < 1.29 is 13.9 Å². The fourth-order valence-electron chi connectivity index (χ4n) is 5.89. The van der Waals surface area contributed by atoms with Crippen molar-refractivity contribution in [3.8, 4) is 0 Å². The second-order valence-electron chi connectivity index (χ2n) is 9.30. The molecule has 2 aromatic rings. The molecule has 0 aliphatic carbocycles. The lowest BCUT2D eigenvalue weighted by Crippen LogP contribution is -2.42. The minimum absolute atomic E-state index is 0.00159. The molecule has 1 N–H and O–H groups in total. The van der Waals surface area contributed by atoms with Crippen LogP contribution in [0.1, 0.15) is 39.9 Å². The summed E-state index contributed by atoms with van der Waals surface area (Å²) in [6, 6.07) is 12.8. The highest BCUT2D eigenvalue weighted by atomic mass is 19.1. The van der Waals surface area contributed by atoms with Gasteiger partial charge in [0.05, 0.1) is 11.7 Å². The van der Waals surface area contributed by atoms with Gasteiger partial charge in [-0.05, 0) is 61.6 Å². The van der Waals surface area contributed by atoms with Crippen molar-refractivity contribution in [2.75, 3.05) is 19.6 Å². The topological polar surface area (TPSA) is 41.6 Å². The summed E-state index contributed by atoms with van der Waals surface area (Å²) in [5.74, 6) is 0.612. The van der Waals surface area contributed by atoms with E-state index < -0.39 is 0 Å². The number of halogens is 1. The predicted molar refractivity (Wildman–Crippen MR) is 114 cm³/mol. The second-order valence-corrected chi connectivity index (χ2v) is 9.30. The molecule has 3 heterocycles. The van der Waals surface area contributed by atoms with E-state index in [9.17, 15) is 9.18 Å². The number of hydrogen-bond donors (Lipinski definition) is 1. The van der Waals surface area contributed by atoms with Crippen molar-refractivity contribution in [1.29, 1.82) is 0 Å². The van der Waals surface area contributed by atoms with Crippen LogP contribution in [0.2, 0.25) is 0 Å². The van der Waals surface area contributed by atoms with Crippen molar-refractivity contribution in [2.24, 2.45) is 11.8 Å². The molecule has 0 aromatic heterocycles. The van der Waals surface area contributed by atoms with Crippen molar-refractivity contribution in [3.63, 3.8) is 0 Å². The van der Waals surface area contributed by atoms with E-state index in [0.717, 1.165) is 49.2 Å². The van der Waals surface area contributed by atoms with E-state index in [1.165, 1.54) is 5.56 Å². The average Bonchev–Trinajstić information content (AvgIpc) is 3.37. The van der Waals surface area contributed by atoms with Crippen LogP contribution in [0.4, 0.5) is 4.39 Å². The van der Waals surface area contributed by atoms with Crippen LogP contribution in [0, 0.1) is 31.5 Å². The molecule has 3 aliphatic rings. The van der Waals surface area contributed by atoms with Gasteiger partial charge in [0.1, 0.15) is 5.82 Å². The monoisotopic (exact) mass is 408 g/mol. The van der Waals surface area contributed by atoms with E-state index in [1.54, 1.807) is 12.1 Å². The summed E-state index contributed by atoms with van der Waals surface area (Å²) in [7, 11) is 0. The highest BCUT2D eigenvalue weighted by molar-refractivity contribution is 5.95. The number of nitrogens with one attached hydrogen (secondary N) is 1. The average molecular weight is 409 g/mol. The number of carbonyl (C=O) groups is 1. The Morgan fingerprint density at radius 2 is 2.07 bits per heavy atom. The zero-order chi connectivity index (χ0) is 20.9. The number of benzene rings is 2. The first-order valence-corrected chi connectivity index (χ1v) is 10.9. The fraction of sp³-hybridized carbons (Fsp3) is 0.480. The first-order chi connectivity index (χ1) is 14.4. The van der Waals surface area contributed by atoms with Crippen LogP contribution in [0.3, 0.4) is 0 Å². The molecule has 3 aliphatic heterocycles. The van der Waals surface area contributed by atoms with E-state index in [0.29, 0.717) is 18.4 Å². The molecule has 3 saturated heterocycles. The third-order valence-electron chi connectivity index (χ3n) is 7.44. The molecule has 1 amide bonds. The third kappa shape index (κ3) is 3.34. The number of carbonyl (C=O) groups excluding carboxylic acids is 1. The minimum Gasteiger partial charge on any atom is -0.370 e. The Morgan fingerprint density at radius 1 is 1.23 bits per heavy atom. The van der Waals surface area contributed by atoms with E-state index in [1.807, 2.05) is 44.2 Å². The van der Waals surface area contributed by atoms with E-state index in [2.05, 4.69) is 10.2 Å². The minimum atomic E-state index is -0.181. The Kier molecular flexibility index (Phi) is 4.91. The van der Waals surface area contributed by atoms with Crippen LogP contribution in [0.15, 0.2) is 42.5 Å². The van der Waals surface area contributed by atoms with Gasteiger partial charge in [-0.1, -0.05) is 24.3 Å². The normalized spacial score (nSPS) is 29.9. The number of aryl methyl sites for hydroxylation is 2. The summed E-state index contributed by atoms with van der Waals surface area (Å²) in [6.45, 7) is 7.32. The Labute approximate surface area is 177 Å². The molecule has 4 nitrogen and oxygen atoms in total. The lowest BCUT2D eigenvalue weighted by molar-refractivity contribution is 0.00210. The molecule has 2 aromatic carbocycles. The summed E-state index contributed by atoms with van der Waals surface area (Å²) in [5.41, 5.74) is 3.84. The molecule has 5 rings (SSSR count). The van der Waals surface area contributed by atoms with E-state index in [-0.39, 0.29) is 23.4 Å². The van der Waals surface area contributed by atoms with Crippen molar-refractivity contribution in [3.05, 3.63) is 70.5 Å². The number of amides is 1. The van der Waals surface area contributed by atoms with Gasteiger partial charge in [-0.3, -0.25) is 9.69 Å². The number of rotatable bonds is 5. The third-order valence-corrected chi connectivity index (χ3v) is 7.44. The van der Waals surface area contributed by atoms with Crippen LogP contribution in [-0.4, -0.2) is 42.1 Å². The highest BCUT2D eigenvalue weighted by Gasteiger charge is 2.62. The molecule has 2 bridgehead atoms. The van der Waals surface area contributed by atoms with Gasteiger partial charge in [0, 0.05) is 43.6 Å². The molecule has 0 radical (unpaired) electrons. The molecular weight excluding hydrogens is 379 g/mol. The quantitative estimate of drug-likeness (QED) is 0.817. The number of hydrogen-bond acceptors (Lipinski definition) is 3. The van der Waals surface area contributed by atoms with Crippen LogP contribution >= 0.6 is 0 Å². The van der Waals surface area contributed by atoms with Gasteiger partial charge in [-0.15, -0.1) is 0 Å². The molecule has 5 heteroatoms. The number of ether oxygens (including phenoxy) is 1. The van der Waals surface area contributed by atoms with E-state index in [4.69, 9.17) is 4.74 Å². The number of fused-ring (bicyclic) bond motifs is 1. The van der Waals surface area contributed by atoms with E-state index >= 15 is 0 Å². The Balaban J connectivity index is 1.26. The second kappa shape index (κ2) is 7.47. The fourth-order valence-corrected chi connectivity index (χ4v) is 5.89. The van der Waals surface area contributed by atoms with Crippen LogP contribution in [-0.2, 0) is 11.3 Å². The van der Waals surface area contributed by atoms with Gasteiger partial charge in [-0.25, -0.2) is 4.39 Å². The maximum atomic E-state index is 13.5. The van der Waals surface area contributed by atoms with Crippen LogP contribution in [0.5, 0.6) is 0 Å². The SMILES string of the molecule is Cc1cc(F)ccc1CN1C[C@@H]2[C@H](CNC(=O)c3ccccc3C)[C@H]3CC[C@]2(C1)O3. The van der Waals surface area contributed by atoms with Gasteiger partial charge in [0.25, 0.3) is 5.91 Å². The summed E-state index contributed by atoms with van der Waals surface area (Å²) < 4.78 is 20.0. The summed E-state index contributed by atoms with van der Waals surface area (Å²) in [5, 5.41) is 3.18. The van der Waals surface area contributed by atoms with Crippen molar-refractivity contribution >= 4 is 5.91 Å². The highest BCUT2D eigenvalue weighted by Crippen LogP contribution is 2.54. The Morgan fingerprint density at radius 3 is 2.87 bits per heavy atom. The molecular formula is C25H29FN2O2. The number of nitrogens with zero attached hydrogens (tertiary/aromatic N) is 1. The summed E-state index contributed by atoms with van der Waals surface area (Å²) in [6.07, 6.45) is 2.43. The van der Waals surface area contributed by atoms with Gasteiger partial charge >= 0.3 is 0 Å². The molecule has 0 unspecified atom stereocenters. The van der Waals surface area contributed by atoms with Crippen molar-refractivity contribution in [2.45, 2.75) is 44.9 Å². The Bertz CT molecular complexity index is 977. The number of likely N-dealkylation sites (tertiary alicyclic amines) is 1. The molecule has 158 valence electrons. The molecule has 0 saturated carbocycles. The van der Waals surface area contributed by atoms with Gasteiger partial charge in [0.2, 0.25) is 0 Å². The first kappa shape index (κ1) is 19.7.